The molecule has 4 heterocycles. The molecule has 3 aliphatic heterocycles. The van der Waals surface area contributed by atoms with E-state index in [-0.39, 0.29) is 30.0 Å². The Balaban J connectivity index is 1.56. The second-order valence-corrected chi connectivity index (χ2v) is 10.5. The first-order valence-electron chi connectivity index (χ1n) is 13.0. The van der Waals surface area contributed by atoms with Gasteiger partial charge in [-0.25, -0.2) is 4.79 Å². The molecule has 0 radical (unpaired) electrons. The van der Waals surface area contributed by atoms with Crippen LogP contribution in [0.15, 0.2) is 48.8 Å². The molecule has 3 aliphatic rings. The van der Waals surface area contributed by atoms with Crippen molar-refractivity contribution >= 4 is 16.9 Å². The van der Waals surface area contributed by atoms with Gasteiger partial charge in [-0.05, 0) is 36.8 Å². The number of benzene rings is 1. The van der Waals surface area contributed by atoms with Crippen LogP contribution in [0.4, 0.5) is 0 Å². The fraction of sp³-hybridized carbons (Fsp3) is 0.536. The Kier molecular flexibility index (Phi) is 7.63. The normalized spacial score (nSPS) is 35.9. The highest BCUT2D eigenvalue weighted by Gasteiger charge is 2.51. The maximum atomic E-state index is 12.7. The molecule has 9 unspecified atom stereocenters. The Morgan fingerprint density at radius 1 is 1.21 bits per heavy atom. The lowest BCUT2D eigenvalue weighted by molar-refractivity contribution is -0.235. The molecular formula is C28H36N2O8. The number of ether oxygens (including phenoxy) is 2. The van der Waals surface area contributed by atoms with Crippen LogP contribution in [-0.4, -0.2) is 98.2 Å². The molecule has 1 aromatic carbocycles. The third kappa shape index (κ3) is 4.35. The summed E-state index contributed by atoms with van der Waals surface area (Å²) in [5, 5.41) is 52.5. The van der Waals surface area contributed by atoms with Crippen molar-refractivity contribution in [2.75, 3.05) is 20.3 Å². The Bertz CT molecular complexity index is 1210. The second-order valence-electron chi connectivity index (χ2n) is 10.5. The Morgan fingerprint density at radius 3 is 2.63 bits per heavy atom. The molecule has 0 aliphatic carbocycles. The first kappa shape index (κ1) is 26.9. The van der Waals surface area contributed by atoms with E-state index in [2.05, 4.69) is 22.5 Å². The molecule has 0 amide bonds. The molecule has 0 bridgehead atoms. The molecule has 10 heteroatoms. The zero-order valence-corrected chi connectivity index (χ0v) is 21.3. The van der Waals surface area contributed by atoms with Crippen LogP contribution in [0.3, 0.4) is 0 Å². The van der Waals surface area contributed by atoms with Crippen LogP contribution in [-0.2, 0) is 20.7 Å². The molecule has 10 nitrogen and oxygen atoms in total. The molecule has 5 rings (SSSR count). The van der Waals surface area contributed by atoms with Crippen molar-refractivity contribution in [2.45, 2.75) is 61.9 Å². The number of aliphatic hydroxyl groups excluding tert-OH is 5. The van der Waals surface area contributed by atoms with E-state index in [0.717, 1.165) is 29.3 Å². The molecule has 2 aromatic rings. The number of para-hydroxylation sites is 1. The van der Waals surface area contributed by atoms with Crippen molar-refractivity contribution in [3.8, 4) is 0 Å². The number of hydrogen-bond acceptors (Lipinski definition) is 9. The van der Waals surface area contributed by atoms with Crippen LogP contribution in [0.1, 0.15) is 30.1 Å². The summed E-state index contributed by atoms with van der Waals surface area (Å²) >= 11 is 0. The zero-order valence-electron chi connectivity index (χ0n) is 21.3. The number of methoxy groups -OCH3 is 1. The van der Waals surface area contributed by atoms with Crippen molar-refractivity contribution < 1.29 is 39.8 Å². The van der Waals surface area contributed by atoms with Crippen LogP contribution < -0.4 is 0 Å². The van der Waals surface area contributed by atoms with Crippen LogP contribution in [0.2, 0.25) is 0 Å². The fourth-order valence-corrected chi connectivity index (χ4v) is 6.85. The first-order valence-corrected chi connectivity index (χ1v) is 13.0. The highest BCUT2D eigenvalue weighted by molar-refractivity contribution is 5.89. The minimum atomic E-state index is -1.48. The predicted molar refractivity (Wildman–Crippen MR) is 138 cm³/mol. The summed E-state index contributed by atoms with van der Waals surface area (Å²) in [4.78, 5) is 18.6. The van der Waals surface area contributed by atoms with Crippen molar-refractivity contribution in [2.24, 2.45) is 11.8 Å². The van der Waals surface area contributed by atoms with Gasteiger partial charge in [-0.2, -0.15) is 0 Å². The monoisotopic (exact) mass is 528 g/mol. The summed E-state index contributed by atoms with van der Waals surface area (Å²) < 4.78 is 10.9. The van der Waals surface area contributed by atoms with E-state index in [1.807, 2.05) is 18.2 Å². The van der Waals surface area contributed by atoms with Gasteiger partial charge in [0.2, 0.25) is 0 Å². The van der Waals surface area contributed by atoms with Gasteiger partial charge in [-0.3, -0.25) is 4.90 Å². The quantitative estimate of drug-likeness (QED) is 0.140. The lowest BCUT2D eigenvalue weighted by Gasteiger charge is -2.53. The van der Waals surface area contributed by atoms with Crippen molar-refractivity contribution in [3.05, 3.63) is 60.0 Å². The Labute approximate surface area is 220 Å². The summed E-state index contributed by atoms with van der Waals surface area (Å²) in [5.41, 5.74) is 3.43. The van der Waals surface area contributed by atoms with Crippen molar-refractivity contribution in [3.63, 3.8) is 0 Å². The number of piperidine rings is 1. The minimum Gasteiger partial charge on any atom is -0.515 e. The van der Waals surface area contributed by atoms with Gasteiger partial charge in [-0.15, -0.1) is 6.58 Å². The molecule has 0 saturated carbocycles. The Hall–Kier alpha value is -2.73. The van der Waals surface area contributed by atoms with Crippen LogP contribution in [0.25, 0.3) is 10.9 Å². The van der Waals surface area contributed by atoms with Gasteiger partial charge < -0.3 is 40.0 Å². The lowest BCUT2D eigenvalue weighted by atomic mass is 9.69. The number of nitrogens with zero attached hydrogens (tertiary/aromatic N) is 1. The molecule has 6 N–H and O–H groups in total. The predicted octanol–water partition coefficient (Wildman–Crippen LogP) is 1.11. The van der Waals surface area contributed by atoms with E-state index in [1.54, 1.807) is 6.08 Å². The number of aromatic nitrogens is 1. The first-order chi connectivity index (χ1) is 18.3. The highest BCUT2D eigenvalue weighted by atomic mass is 16.5. The Morgan fingerprint density at radius 2 is 1.95 bits per heavy atom. The van der Waals surface area contributed by atoms with Gasteiger partial charge in [0.1, 0.15) is 24.4 Å². The third-order valence-electron chi connectivity index (χ3n) is 8.71. The molecule has 9 atom stereocenters. The average molecular weight is 529 g/mol. The van der Waals surface area contributed by atoms with E-state index < -0.39 is 49.0 Å². The highest BCUT2D eigenvalue weighted by Crippen LogP contribution is 2.49. The fourth-order valence-electron chi connectivity index (χ4n) is 6.85. The number of carbonyl (C=O) groups is 1. The van der Waals surface area contributed by atoms with Gasteiger partial charge in [0.05, 0.1) is 37.7 Å². The number of carbonyl (C=O) groups excluding carboxylic acids is 1. The molecule has 206 valence electrons. The molecule has 0 spiro atoms. The molecular weight excluding hydrogens is 492 g/mol. The number of aliphatic hydroxyl groups is 5. The second kappa shape index (κ2) is 10.8. The third-order valence-corrected chi connectivity index (χ3v) is 8.71. The summed E-state index contributed by atoms with van der Waals surface area (Å²) in [6.45, 7) is 4.24. The van der Waals surface area contributed by atoms with E-state index in [9.17, 15) is 30.3 Å². The largest absolute Gasteiger partial charge is 0.515 e. The van der Waals surface area contributed by atoms with Crippen molar-refractivity contribution in [1.29, 1.82) is 0 Å². The van der Waals surface area contributed by atoms with E-state index >= 15 is 0 Å². The number of esters is 1. The SMILES string of the molecule is C=CC1C(C(=CO)C(=O)OC)CC2c3[nH]c4ccccc4c3CCN2C1CC1OC(CO)C(O)C(O)C1O. The van der Waals surface area contributed by atoms with E-state index in [0.29, 0.717) is 13.0 Å². The standard InChI is InChI=1S/C28H36N2O8/c1-3-14-17(18(12-31)28(36)37-2)10-21-24-16(15-6-4-5-7-19(15)29-24)8-9-30(21)20(14)11-22-25(33)27(35)26(34)23(13-32)38-22/h3-7,12,14,17,20-23,25-27,29,31-35H,1,8-11,13H2,2H3. The number of H-pyrrole nitrogens is 1. The van der Waals surface area contributed by atoms with E-state index in [4.69, 9.17) is 9.47 Å². The number of nitrogens with one attached hydrogen (secondary N) is 1. The maximum Gasteiger partial charge on any atom is 0.337 e. The topological polar surface area (TPSA) is 156 Å². The number of aromatic amines is 1. The summed E-state index contributed by atoms with van der Waals surface area (Å²) in [5.74, 6) is -1.41. The average Bonchev–Trinajstić information content (AvgIpc) is 3.32. The molecule has 1 aromatic heterocycles. The maximum absolute atomic E-state index is 12.7. The zero-order chi connectivity index (χ0) is 27.1. The van der Waals surface area contributed by atoms with E-state index in [1.165, 1.54) is 12.7 Å². The van der Waals surface area contributed by atoms with Gasteiger partial charge >= 0.3 is 5.97 Å². The van der Waals surface area contributed by atoms with Gasteiger partial charge in [-0.1, -0.05) is 24.3 Å². The van der Waals surface area contributed by atoms with Gasteiger partial charge in [0.25, 0.3) is 0 Å². The number of rotatable bonds is 6. The number of hydrogen-bond donors (Lipinski definition) is 6. The molecule has 2 fully saturated rings. The van der Waals surface area contributed by atoms with Gasteiger partial charge in [0.15, 0.2) is 0 Å². The van der Waals surface area contributed by atoms with Crippen LogP contribution in [0, 0.1) is 11.8 Å². The molecule has 2 saturated heterocycles. The minimum absolute atomic E-state index is 0.137. The summed E-state index contributed by atoms with van der Waals surface area (Å²) in [6.07, 6.45) is -2.10. The summed E-state index contributed by atoms with van der Waals surface area (Å²) in [7, 11) is 1.27. The van der Waals surface area contributed by atoms with Crippen LogP contribution >= 0.6 is 0 Å². The van der Waals surface area contributed by atoms with Crippen LogP contribution in [0.5, 0.6) is 0 Å². The van der Waals surface area contributed by atoms with Crippen molar-refractivity contribution in [1.82, 2.24) is 9.88 Å². The smallest absolute Gasteiger partial charge is 0.337 e. The summed E-state index contributed by atoms with van der Waals surface area (Å²) in [6, 6.07) is 7.66. The number of fused-ring (bicyclic) bond motifs is 5. The molecule has 38 heavy (non-hydrogen) atoms. The lowest BCUT2D eigenvalue weighted by Crippen LogP contribution is -2.61. The van der Waals surface area contributed by atoms with Gasteiger partial charge in [0, 0.05) is 35.1 Å².